The Labute approximate surface area is 439 Å². The number of amides is 5. The van der Waals surface area contributed by atoms with Crippen LogP contribution in [0, 0.1) is 0 Å². The second-order valence-electron chi connectivity index (χ2n) is 17.7. The molecule has 1 atom stereocenters. The standard InChI is InChI=1S/C53H56ClF3N8O11/c54-37-15-17-40-42(31-37)61-52(60-40)65-50(70)39(47(63-65)35-11-13-36(14-12-35)53(55,56)57)16-10-34-8-6-33(7-9-34)3-2-22-72-25-28-75-29-30-76-32-45(67)59-21-24-74-27-26-73-23-20-58-41-5-1-4-38-46(41)51(71)64(49(38)69)43-18-19-44(66)62-48(43)68/h1,4-9,11-15,17,31,43,58,70H,2-3,10,16,18-30,32H2,(H,59,67)(H,60,61)(H,62,66,68). The Bertz CT molecular complexity index is 3000. The lowest BCUT2D eigenvalue weighted by atomic mass is 9.99. The lowest BCUT2D eigenvalue weighted by molar-refractivity contribution is -0.138. The fraction of sp³-hybridized carbons (Fsp3) is 0.377. The molecule has 2 aliphatic heterocycles. The van der Waals surface area contributed by atoms with Crippen LogP contribution in [0.4, 0.5) is 18.9 Å². The largest absolute Gasteiger partial charge is 0.493 e. The average Bonchev–Trinajstić information content (AvgIpc) is 4.07. The predicted octanol–water partition coefficient (Wildman–Crippen LogP) is 6.22. The molecule has 1 unspecified atom stereocenters. The highest BCUT2D eigenvalue weighted by molar-refractivity contribution is 6.31. The maximum atomic E-state index is 13.4. The van der Waals surface area contributed by atoms with Crippen LogP contribution < -0.4 is 16.0 Å². The molecule has 0 saturated carbocycles. The van der Waals surface area contributed by atoms with Gasteiger partial charge in [-0.15, -0.1) is 0 Å². The molecule has 5 amide bonds. The molecule has 2 aromatic heterocycles. The van der Waals surface area contributed by atoms with Gasteiger partial charge in [0.15, 0.2) is 0 Å². The van der Waals surface area contributed by atoms with Crippen molar-refractivity contribution >= 4 is 57.9 Å². The van der Waals surface area contributed by atoms with E-state index in [0.29, 0.717) is 84.4 Å². The number of aromatic nitrogens is 4. The topological polar surface area (TPSA) is 238 Å². The first-order chi connectivity index (χ1) is 36.7. The van der Waals surface area contributed by atoms with Crippen molar-refractivity contribution in [2.45, 2.75) is 50.7 Å². The van der Waals surface area contributed by atoms with Crippen LogP contribution in [0.25, 0.3) is 28.2 Å². The Balaban J connectivity index is 0.635. The molecule has 2 aliphatic rings. The number of halogens is 4. The van der Waals surface area contributed by atoms with E-state index in [-0.39, 0.29) is 87.9 Å². The Kier molecular flexibility index (Phi) is 18.8. The number of nitrogens with one attached hydrogen (secondary N) is 4. The van der Waals surface area contributed by atoms with Crippen molar-refractivity contribution in [2.75, 3.05) is 84.5 Å². The van der Waals surface area contributed by atoms with Gasteiger partial charge in [0, 0.05) is 48.0 Å². The van der Waals surface area contributed by atoms with Crippen LogP contribution in [-0.2, 0) is 63.5 Å². The summed E-state index contributed by atoms with van der Waals surface area (Å²) in [5.41, 5.74) is 4.58. The quantitative estimate of drug-likeness (QED) is 0.0271. The number of rotatable bonds is 28. The zero-order valence-corrected chi connectivity index (χ0v) is 42.0. The summed E-state index contributed by atoms with van der Waals surface area (Å²) < 4.78 is 69.1. The molecule has 1 saturated heterocycles. The van der Waals surface area contributed by atoms with E-state index in [4.69, 9.17) is 35.3 Å². The average molecular weight is 1070 g/mol. The number of carbonyl (C=O) groups is 5. The van der Waals surface area contributed by atoms with Gasteiger partial charge in [0.1, 0.15) is 18.3 Å². The van der Waals surface area contributed by atoms with E-state index in [9.17, 15) is 42.3 Å². The third-order valence-corrected chi connectivity index (χ3v) is 12.7. The fourth-order valence-electron chi connectivity index (χ4n) is 8.61. The van der Waals surface area contributed by atoms with E-state index < -0.39 is 41.4 Å². The number of hydrogen-bond donors (Lipinski definition) is 5. The first-order valence-corrected chi connectivity index (χ1v) is 25.1. The van der Waals surface area contributed by atoms with E-state index in [2.05, 4.69) is 31.0 Å². The number of aryl methyl sites for hydroxylation is 2. The molecule has 1 fully saturated rings. The minimum absolute atomic E-state index is 0.0390. The third kappa shape index (κ3) is 14.2. The second-order valence-corrected chi connectivity index (χ2v) is 18.2. The lowest BCUT2D eigenvalue weighted by Gasteiger charge is -2.27. The van der Waals surface area contributed by atoms with Crippen molar-refractivity contribution in [2.24, 2.45) is 0 Å². The molecule has 8 rings (SSSR count). The number of hydrogen-bond acceptors (Lipinski definition) is 14. The maximum Gasteiger partial charge on any atom is 0.416 e. The molecule has 76 heavy (non-hydrogen) atoms. The number of aromatic amines is 1. The first-order valence-electron chi connectivity index (χ1n) is 24.7. The van der Waals surface area contributed by atoms with Crippen molar-refractivity contribution in [1.82, 2.24) is 35.3 Å². The number of fused-ring (bicyclic) bond motifs is 2. The van der Waals surface area contributed by atoms with Crippen molar-refractivity contribution in [1.29, 1.82) is 0 Å². The molecule has 0 radical (unpaired) electrons. The highest BCUT2D eigenvalue weighted by atomic mass is 35.5. The number of nitrogens with zero attached hydrogens (tertiary/aromatic N) is 4. The summed E-state index contributed by atoms with van der Waals surface area (Å²) in [4.78, 5) is 70.8. The van der Waals surface area contributed by atoms with Crippen LogP contribution in [0.15, 0.2) is 84.9 Å². The van der Waals surface area contributed by atoms with Crippen LogP contribution in [0.3, 0.4) is 0 Å². The predicted molar refractivity (Wildman–Crippen MR) is 271 cm³/mol. The lowest BCUT2D eigenvalue weighted by Crippen LogP contribution is -2.54. The van der Waals surface area contributed by atoms with Crippen molar-refractivity contribution in [3.63, 3.8) is 0 Å². The Morgan fingerprint density at radius 1 is 0.776 bits per heavy atom. The van der Waals surface area contributed by atoms with E-state index in [1.54, 1.807) is 30.3 Å². The highest BCUT2D eigenvalue weighted by Gasteiger charge is 2.45. The SMILES string of the molecule is O=C(COCCOCCOCCCc1ccc(CCc2c(-c3ccc(C(F)(F)F)cc3)nn(-c3nc4cc(Cl)ccc4[nH]3)c2O)cc1)NCCOCCOCCNc1cccc2c1C(=O)N(C1CCC(=O)NC1=O)C2=O. The van der Waals surface area contributed by atoms with Gasteiger partial charge in [0.05, 0.1) is 80.6 Å². The van der Waals surface area contributed by atoms with Crippen LogP contribution in [0.1, 0.15) is 62.2 Å². The van der Waals surface area contributed by atoms with Crippen LogP contribution in [0.2, 0.25) is 5.02 Å². The molecular formula is C53H56ClF3N8O11. The summed E-state index contributed by atoms with van der Waals surface area (Å²) in [5, 5.41) is 24.5. The number of alkyl halides is 3. The molecule has 6 aromatic rings. The number of anilines is 1. The van der Waals surface area contributed by atoms with Crippen molar-refractivity contribution in [3.8, 4) is 23.1 Å². The molecule has 0 aliphatic carbocycles. The van der Waals surface area contributed by atoms with Gasteiger partial charge in [-0.2, -0.15) is 23.0 Å². The van der Waals surface area contributed by atoms with Gasteiger partial charge in [-0.05, 0) is 85.7 Å². The minimum Gasteiger partial charge on any atom is -0.493 e. The summed E-state index contributed by atoms with van der Waals surface area (Å²) in [6.07, 6.45) is -1.93. The number of imide groups is 2. The van der Waals surface area contributed by atoms with E-state index in [1.807, 2.05) is 24.3 Å². The van der Waals surface area contributed by atoms with Crippen molar-refractivity contribution < 1.29 is 65.9 Å². The number of ether oxygens (including phenoxy) is 5. The highest BCUT2D eigenvalue weighted by Crippen LogP contribution is 2.36. The van der Waals surface area contributed by atoms with E-state index >= 15 is 0 Å². The number of carbonyl (C=O) groups excluding carboxylic acids is 5. The van der Waals surface area contributed by atoms with Crippen LogP contribution in [0.5, 0.6) is 5.88 Å². The van der Waals surface area contributed by atoms with Crippen LogP contribution >= 0.6 is 11.6 Å². The third-order valence-electron chi connectivity index (χ3n) is 12.5. The normalized spacial score (nSPS) is 14.7. The van der Waals surface area contributed by atoms with Gasteiger partial charge in [0.2, 0.25) is 29.5 Å². The van der Waals surface area contributed by atoms with E-state index in [0.717, 1.165) is 41.0 Å². The second kappa shape index (κ2) is 26.0. The van der Waals surface area contributed by atoms with Gasteiger partial charge in [0.25, 0.3) is 11.8 Å². The van der Waals surface area contributed by atoms with Gasteiger partial charge >= 0.3 is 6.18 Å². The summed E-state index contributed by atoms with van der Waals surface area (Å²) >= 11 is 6.15. The van der Waals surface area contributed by atoms with Crippen molar-refractivity contribution in [3.05, 3.63) is 123 Å². The van der Waals surface area contributed by atoms with Gasteiger partial charge < -0.3 is 44.4 Å². The Hall–Kier alpha value is -7.21. The summed E-state index contributed by atoms with van der Waals surface area (Å²) in [6.45, 7) is 3.45. The molecule has 0 bridgehead atoms. The number of H-pyrrole nitrogens is 1. The molecule has 5 N–H and O–H groups in total. The van der Waals surface area contributed by atoms with Gasteiger partial charge in [-0.3, -0.25) is 34.2 Å². The molecular weight excluding hydrogens is 1020 g/mol. The van der Waals surface area contributed by atoms with E-state index in [1.165, 1.54) is 22.9 Å². The monoisotopic (exact) mass is 1070 g/mol. The number of aromatic hydroxyl groups is 1. The number of benzene rings is 4. The van der Waals surface area contributed by atoms with Gasteiger partial charge in [-0.25, -0.2) is 4.98 Å². The maximum absolute atomic E-state index is 13.4. The van der Waals surface area contributed by atoms with Crippen LogP contribution in [-0.4, -0.2) is 144 Å². The number of piperidine rings is 1. The Morgan fingerprint density at radius 3 is 2.16 bits per heavy atom. The first kappa shape index (κ1) is 55.0. The zero-order valence-electron chi connectivity index (χ0n) is 41.2. The number of imidazole rings is 1. The summed E-state index contributed by atoms with van der Waals surface area (Å²) in [5.74, 6) is -2.52. The molecule has 402 valence electrons. The zero-order chi connectivity index (χ0) is 53.6. The smallest absolute Gasteiger partial charge is 0.416 e. The fourth-order valence-corrected chi connectivity index (χ4v) is 8.78. The molecule has 4 aromatic carbocycles. The molecule has 4 heterocycles. The summed E-state index contributed by atoms with van der Waals surface area (Å²) in [7, 11) is 0. The minimum atomic E-state index is -4.50. The molecule has 19 nitrogen and oxygen atoms in total. The molecule has 0 spiro atoms. The summed E-state index contributed by atoms with van der Waals surface area (Å²) in [6, 6.07) is 21.7. The molecule has 23 heteroatoms. The Morgan fingerprint density at radius 2 is 1.45 bits per heavy atom. The van der Waals surface area contributed by atoms with Gasteiger partial charge in [-0.1, -0.05) is 54.1 Å².